The third-order valence-electron chi connectivity index (χ3n) is 2.31. The van der Waals surface area contributed by atoms with Crippen LogP contribution in [0.5, 0.6) is 0 Å². The second kappa shape index (κ2) is 5.22. The van der Waals surface area contributed by atoms with Crippen molar-refractivity contribution < 1.29 is 0 Å². The van der Waals surface area contributed by atoms with Crippen LogP contribution in [0.3, 0.4) is 0 Å². The van der Waals surface area contributed by atoms with Gasteiger partial charge in [0.1, 0.15) is 0 Å². The highest BCUT2D eigenvalue weighted by molar-refractivity contribution is 7.71. The summed E-state index contributed by atoms with van der Waals surface area (Å²) in [4.78, 5) is 13.2. The molecule has 0 unspecified atom stereocenters. The minimum absolute atomic E-state index is 0.0242. The molecule has 4 heteroatoms. The maximum atomic E-state index is 11.2. The first-order valence-electron chi connectivity index (χ1n) is 4.83. The number of hydrogen-bond acceptors (Lipinski definition) is 4. The van der Waals surface area contributed by atoms with Crippen LogP contribution >= 0.6 is 12.2 Å². The van der Waals surface area contributed by atoms with Gasteiger partial charge in [-0.1, -0.05) is 12.2 Å². The first kappa shape index (κ1) is 11.3. The third-order valence-corrected chi connectivity index (χ3v) is 2.61. The maximum absolute atomic E-state index is 11.2. The Labute approximate surface area is 89.4 Å². The van der Waals surface area contributed by atoms with Crippen molar-refractivity contribution in [3.8, 4) is 0 Å². The first-order chi connectivity index (χ1) is 6.66. The van der Waals surface area contributed by atoms with Crippen molar-refractivity contribution in [2.45, 2.75) is 12.8 Å². The van der Waals surface area contributed by atoms with Crippen molar-refractivity contribution in [3.05, 3.63) is 20.8 Å². The van der Waals surface area contributed by atoms with Gasteiger partial charge in [-0.15, -0.1) is 0 Å². The number of unbranched alkanes of at least 4 members (excludes halogenated alkanes) is 1. The molecule has 1 N–H and O–H groups in total. The molecule has 0 saturated carbocycles. The molecule has 0 aliphatic rings. The van der Waals surface area contributed by atoms with Gasteiger partial charge < -0.3 is 10.2 Å². The smallest absolute Gasteiger partial charge is 0.219 e. The maximum Gasteiger partial charge on any atom is 0.219 e. The molecule has 1 aromatic carbocycles. The molecule has 14 heavy (non-hydrogen) atoms. The highest BCUT2D eigenvalue weighted by Gasteiger charge is 2.10. The fraction of sp³-hybridized carbons (Fsp3) is 0.600. The van der Waals surface area contributed by atoms with Crippen LogP contribution in [0.15, 0.2) is 10.9 Å². The third kappa shape index (κ3) is 2.62. The fourth-order valence-electron chi connectivity index (χ4n) is 1.36. The molecule has 0 fully saturated rings. The number of rotatable bonds is 6. The van der Waals surface area contributed by atoms with Crippen molar-refractivity contribution in [2.75, 3.05) is 32.1 Å². The molecule has 0 aromatic heterocycles. The van der Waals surface area contributed by atoms with Gasteiger partial charge in [-0.25, -0.2) is 0 Å². The molecule has 1 rings (SSSR count). The van der Waals surface area contributed by atoms with E-state index in [1.165, 1.54) is 0 Å². The molecule has 3 nitrogen and oxygen atoms in total. The molecule has 78 valence electrons. The van der Waals surface area contributed by atoms with Crippen LogP contribution in [0.4, 0.5) is 5.69 Å². The summed E-state index contributed by atoms with van der Waals surface area (Å²) in [6.07, 6.45) is 2.22. The highest BCUT2D eigenvalue weighted by Crippen LogP contribution is 2.10. The Morgan fingerprint density at radius 3 is 2.71 bits per heavy atom. The summed E-state index contributed by atoms with van der Waals surface area (Å²) in [5.41, 5.74) is 0.788. The zero-order valence-electron chi connectivity index (χ0n) is 8.67. The molecule has 0 bridgehead atoms. The minimum atomic E-state index is 0.0242. The van der Waals surface area contributed by atoms with Crippen LogP contribution in [0.25, 0.3) is 0 Å². The van der Waals surface area contributed by atoms with Crippen molar-refractivity contribution in [3.63, 3.8) is 0 Å². The van der Waals surface area contributed by atoms with Gasteiger partial charge in [0.15, 0.2) is 0 Å². The lowest BCUT2D eigenvalue weighted by atomic mass is 10.2. The second-order valence-corrected chi connectivity index (χ2v) is 3.89. The van der Waals surface area contributed by atoms with Crippen LogP contribution in [0.2, 0.25) is 0 Å². The van der Waals surface area contributed by atoms with E-state index in [1.54, 1.807) is 6.07 Å². The van der Waals surface area contributed by atoms with Crippen molar-refractivity contribution in [1.82, 2.24) is 5.32 Å². The fourth-order valence-corrected chi connectivity index (χ4v) is 1.57. The Bertz CT molecular complexity index is 355. The number of hydrogen-bond donors (Lipinski definition) is 1. The van der Waals surface area contributed by atoms with E-state index in [2.05, 4.69) is 5.32 Å². The van der Waals surface area contributed by atoms with Crippen LogP contribution in [0, 0.1) is 4.51 Å². The minimum Gasteiger partial charge on any atom is -0.371 e. The van der Waals surface area contributed by atoms with E-state index in [4.69, 9.17) is 12.2 Å². The number of anilines is 1. The van der Waals surface area contributed by atoms with Gasteiger partial charge >= 0.3 is 0 Å². The summed E-state index contributed by atoms with van der Waals surface area (Å²) in [7, 11) is 3.88. The topological polar surface area (TPSA) is 32.3 Å². The predicted molar refractivity (Wildman–Crippen MR) is 62.3 cm³/mol. The summed E-state index contributed by atoms with van der Waals surface area (Å²) in [5.74, 6) is 0. The van der Waals surface area contributed by atoms with Gasteiger partial charge in [-0.3, -0.25) is 4.79 Å². The Morgan fingerprint density at radius 1 is 1.50 bits per heavy atom. The van der Waals surface area contributed by atoms with E-state index in [9.17, 15) is 4.79 Å². The van der Waals surface area contributed by atoms with Crippen LogP contribution < -0.4 is 15.6 Å². The molecule has 0 aliphatic carbocycles. The largest absolute Gasteiger partial charge is 0.371 e. The molecule has 0 heterocycles. The molecule has 0 spiro atoms. The zero-order valence-corrected chi connectivity index (χ0v) is 9.49. The van der Waals surface area contributed by atoms with Gasteiger partial charge in [0.05, 0.1) is 10.2 Å². The van der Waals surface area contributed by atoms with Crippen molar-refractivity contribution in [1.29, 1.82) is 0 Å². The SMILES string of the molecule is CNCCCCN(C)c1cc(=S)c1=O. The Morgan fingerprint density at radius 2 is 2.21 bits per heavy atom. The van der Waals surface area contributed by atoms with E-state index in [0.29, 0.717) is 4.51 Å². The molecule has 0 radical (unpaired) electrons. The Hall–Kier alpha value is -0.740. The van der Waals surface area contributed by atoms with Crippen molar-refractivity contribution in [2.24, 2.45) is 0 Å². The molecule has 1 aromatic rings. The number of nitrogens with zero attached hydrogens (tertiary/aromatic N) is 1. The van der Waals surface area contributed by atoms with E-state index < -0.39 is 0 Å². The average Bonchev–Trinajstić information content (AvgIpc) is 2.20. The lowest BCUT2D eigenvalue weighted by Crippen LogP contribution is -2.27. The van der Waals surface area contributed by atoms with E-state index in [0.717, 1.165) is 31.6 Å². The van der Waals surface area contributed by atoms with Gasteiger partial charge in [0.25, 0.3) is 0 Å². The average molecular weight is 212 g/mol. The number of nitrogens with one attached hydrogen (secondary N) is 1. The quantitative estimate of drug-likeness (QED) is 0.565. The van der Waals surface area contributed by atoms with Gasteiger partial charge in [-0.2, -0.15) is 0 Å². The zero-order chi connectivity index (χ0) is 10.6. The van der Waals surface area contributed by atoms with E-state index in [1.807, 2.05) is 19.0 Å². The standard InChI is InChI=1S/C10H16N2OS/c1-11-5-3-4-6-12(2)8-7-9(14)10(8)13/h7,11H,3-6H2,1-2H3. The Balaban J connectivity index is 2.30. The molecule has 0 saturated heterocycles. The highest BCUT2D eigenvalue weighted by atomic mass is 32.1. The molecule has 0 aliphatic heterocycles. The normalized spacial score (nSPS) is 10.7. The molecule has 0 atom stereocenters. The van der Waals surface area contributed by atoms with Crippen LogP contribution in [-0.4, -0.2) is 27.2 Å². The van der Waals surface area contributed by atoms with Crippen LogP contribution in [-0.2, 0) is 0 Å². The van der Waals surface area contributed by atoms with Crippen LogP contribution in [0.1, 0.15) is 12.8 Å². The first-order valence-corrected chi connectivity index (χ1v) is 5.23. The summed E-state index contributed by atoms with van der Waals surface area (Å²) in [6, 6.07) is 1.77. The molecule has 0 amide bonds. The Kier molecular flexibility index (Phi) is 4.22. The molecular weight excluding hydrogens is 196 g/mol. The van der Waals surface area contributed by atoms with Gasteiger partial charge in [-0.05, 0) is 32.5 Å². The summed E-state index contributed by atoms with van der Waals surface area (Å²) >= 11 is 4.79. The van der Waals surface area contributed by atoms with Gasteiger partial charge in [0, 0.05) is 13.6 Å². The predicted octanol–water partition coefficient (Wildman–Crippen LogP) is 1.09. The summed E-state index contributed by atoms with van der Waals surface area (Å²) in [5, 5.41) is 3.09. The lowest BCUT2D eigenvalue weighted by molar-refractivity contribution is 0.670. The lowest BCUT2D eigenvalue weighted by Gasteiger charge is -2.19. The molecular formula is C10H16N2OS. The summed E-state index contributed by atoms with van der Waals surface area (Å²) < 4.78 is 0.460. The van der Waals surface area contributed by atoms with Gasteiger partial charge in [0.2, 0.25) is 5.43 Å². The van der Waals surface area contributed by atoms with Crippen molar-refractivity contribution >= 4 is 17.9 Å². The van der Waals surface area contributed by atoms with E-state index in [-0.39, 0.29) is 5.43 Å². The second-order valence-electron chi connectivity index (χ2n) is 3.46. The van der Waals surface area contributed by atoms with E-state index >= 15 is 0 Å². The monoisotopic (exact) mass is 212 g/mol. The summed E-state index contributed by atoms with van der Waals surface area (Å²) in [6.45, 7) is 1.95.